The van der Waals surface area contributed by atoms with Crippen LogP contribution in [-0.2, 0) is 4.79 Å². The van der Waals surface area contributed by atoms with Gasteiger partial charge in [0.15, 0.2) is 0 Å². The first kappa shape index (κ1) is 16.3. The van der Waals surface area contributed by atoms with E-state index < -0.39 is 23.9 Å². The molecule has 0 fully saturated rings. The fraction of sp³-hybridized carbons (Fsp3) is 0.385. The van der Waals surface area contributed by atoms with Crippen LogP contribution in [0.4, 0.5) is 14.9 Å². The van der Waals surface area contributed by atoms with E-state index >= 15 is 0 Å². The summed E-state index contributed by atoms with van der Waals surface area (Å²) >= 11 is 1.49. The first-order valence-electron chi connectivity index (χ1n) is 5.99. The first-order valence-corrected chi connectivity index (χ1v) is 7.39. The van der Waals surface area contributed by atoms with E-state index in [0.29, 0.717) is 12.2 Å². The van der Waals surface area contributed by atoms with Crippen LogP contribution in [0.5, 0.6) is 0 Å². The number of aliphatic carboxylic acids is 1. The number of anilines is 1. The van der Waals surface area contributed by atoms with Gasteiger partial charge in [-0.05, 0) is 43.0 Å². The number of halogens is 1. The van der Waals surface area contributed by atoms with Gasteiger partial charge in [0, 0.05) is 0 Å². The highest BCUT2D eigenvalue weighted by atomic mass is 32.2. The van der Waals surface area contributed by atoms with Crippen molar-refractivity contribution in [3.8, 4) is 0 Å². The second kappa shape index (κ2) is 7.74. The number of amides is 2. The molecular formula is C13H17FN2O3S. The number of benzene rings is 1. The summed E-state index contributed by atoms with van der Waals surface area (Å²) in [6.07, 6.45) is 2.15. The largest absolute Gasteiger partial charge is 0.480 e. The monoisotopic (exact) mass is 300 g/mol. The van der Waals surface area contributed by atoms with Crippen LogP contribution in [-0.4, -0.2) is 35.2 Å². The average molecular weight is 300 g/mol. The van der Waals surface area contributed by atoms with Crippen molar-refractivity contribution in [2.45, 2.75) is 19.4 Å². The number of thioether (sulfide) groups is 1. The molecule has 20 heavy (non-hydrogen) atoms. The van der Waals surface area contributed by atoms with E-state index in [1.807, 2.05) is 6.26 Å². The van der Waals surface area contributed by atoms with Crippen molar-refractivity contribution in [3.05, 3.63) is 29.6 Å². The average Bonchev–Trinajstić information content (AvgIpc) is 2.38. The Morgan fingerprint density at radius 1 is 1.45 bits per heavy atom. The van der Waals surface area contributed by atoms with Crippen LogP contribution in [0.1, 0.15) is 12.0 Å². The molecule has 1 rings (SSSR count). The fourth-order valence-electron chi connectivity index (χ4n) is 1.54. The van der Waals surface area contributed by atoms with Gasteiger partial charge in [0.05, 0.1) is 5.69 Å². The lowest BCUT2D eigenvalue weighted by Gasteiger charge is -2.15. The third kappa shape index (κ3) is 5.08. The zero-order chi connectivity index (χ0) is 15.1. The highest BCUT2D eigenvalue weighted by molar-refractivity contribution is 7.98. The third-order valence-electron chi connectivity index (χ3n) is 2.58. The molecule has 110 valence electrons. The minimum absolute atomic E-state index is 0.0245. The van der Waals surface area contributed by atoms with Crippen LogP contribution < -0.4 is 10.6 Å². The van der Waals surface area contributed by atoms with E-state index in [1.54, 1.807) is 13.0 Å². The smallest absolute Gasteiger partial charge is 0.326 e. The molecule has 1 aromatic carbocycles. The van der Waals surface area contributed by atoms with Crippen molar-refractivity contribution >= 4 is 29.4 Å². The number of nitrogens with one attached hydrogen (secondary N) is 2. The molecule has 0 spiro atoms. The maximum atomic E-state index is 13.5. The Kier molecular flexibility index (Phi) is 6.30. The van der Waals surface area contributed by atoms with Gasteiger partial charge in [-0.15, -0.1) is 0 Å². The number of hydrogen-bond acceptors (Lipinski definition) is 3. The lowest BCUT2D eigenvalue weighted by molar-refractivity contribution is -0.139. The van der Waals surface area contributed by atoms with E-state index in [1.165, 1.54) is 23.9 Å². The highest BCUT2D eigenvalue weighted by Crippen LogP contribution is 2.15. The fourth-order valence-corrected chi connectivity index (χ4v) is 2.02. The summed E-state index contributed by atoms with van der Waals surface area (Å²) in [4.78, 5) is 22.7. The van der Waals surface area contributed by atoms with Gasteiger partial charge in [-0.1, -0.05) is 6.07 Å². The summed E-state index contributed by atoms with van der Waals surface area (Å²) in [5.41, 5.74) is 0.815. The molecule has 1 atom stereocenters. The van der Waals surface area contributed by atoms with E-state index in [2.05, 4.69) is 10.6 Å². The first-order chi connectivity index (χ1) is 9.43. The predicted octanol–water partition coefficient (Wildman–Crippen LogP) is 2.46. The number of carboxylic acid groups (broad SMARTS) is 1. The molecular weight excluding hydrogens is 283 g/mol. The lowest BCUT2D eigenvalue weighted by Crippen LogP contribution is -2.43. The molecule has 0 saturated carbocycles. The van der Waals surface area contributed by atoms with Crippen LogP contribution >= 0.6 is 11.8 Å². The van der Waals surface area contributed by atoms with Gasteiger partial charge in [-0.3, -0.25) is 0 Å². The zero-order valence-electron chi connectivity index (χ0n) is 11.3. The Morgan fingerprint density at radius 2 is 2.15 bits per heavy atom. The van der Waals surface area contributed by atoms with Gasteiger partial charge in [0.25, 0.3) is 0 Å². The molecule has 0 aliphatic carbocycles. The number of carbonyl (C=O) groups is 2. The second-order valence-corrected chi connectivity index (χ2v) is 5.24. The van der Waals surface area contributed by atoms with Crippen LogP contribution in [0.25, 0.3) is 0 Å². The summed E-state index contributed by atoms with van der Waals surface area (Å²) in [7, 11) is 0. The van der Waals surface area contributed by atoms with E-state index in [9.17, 15) is 14.0 Å². The Labute approximate surface area is 120 Å². The molecule has 0 bridgehead atoms. The van der Waals surface area contributed by atoms with Crippen molar-refractivity contribution in [3.63, 3.8) is 0 Å². The lowest BCUT2D eigenvalue weighted by atomic mass is 10.2. The summed E-state index contributed by atoms with van der Waals surface area (Å²) in [5, 5.41) is 13.6. The summed E-state index contributed by atoms with van der Waals surface area (Å²) in [6, 6.07) is 2.58. The zero-order valence-corrected chi connectivity index (χ0v) is 12.1. The van der Waals surface area contributed by atoms with Gasteiger partial charge in [-0.2, -0.15) is 11.8 Å². The standard InChI is InChI=1S/C13H17FN2O3S/c1-8-3-4-9(14)11(7-8)16-13(19)15-10(12(17)18)5-6-20-2/h3-4,7,10H,5-6H2,1-2H3,(H,17,18)(H2,15,16,19). The minimum Gasteiger partial charge on any atom is -0.480 e. The number of carbonyl (C=O) groups excluding carboxylic acids is 1. The Bertz CT molecular complexity index is 497. The quantitative estimate of drug-likeness (QED) is 0.754. The highest BCUT2D eigenvalue weighted by Gasteiger charge is 2.19. The topological polar surface area (TPSA) is 78.4 Å². The Morgan fingerprint density at radius 3 is 2.75 bits per heavy atom. The maximum Gasteiger partial charge on any atom is 0.326 e. The normalized spacial score (nSPS) is 11.8. The van der Waals surface area contributed by atoms with Crippen LogP contribution in [0, 0.1) is 12.7 Å². The molecule has 0 aliphatic rings. The molecule has 1 aromatic rings. The molecule has 5 nitrogen and oxygen atoms in total. The van der Waals surface area contributed by atoms with E-state index in [4.69, 9.17) is 5.11 Å². The second-order valence-electron chi connectivity index (χ2n) is 4.25. The molecule has 0 saturated heterocycles. The van der Waals surface area contributed by atoms with Crippen LogP contribution in [0.2, 0.25) is 0 Å². The van der Waals surface area contributed by atoms with Crippen molar-refractivity contribution in [2.24, 2.45) is 0 Å². The van der Waals surface area contributed by atoms with Crippen molar-refractivity contribution in [1.82, 2.24) is 5.32 Å². The number of hydrogen-bond donors (Lipinski definition) is 3. The molecule has 0 aliphatic heterocycles. The third-order valence-corrected chi connectivity index (χ3v) is 3.23. The number of aryl methyl sites for hydroxylation is 1. The van der Waals surface area contributed by atoms with Crippen molar-refractivity contribution in [2.75, 3.05) is 17.3 Å². The SMILES string of the molecule is CSCCC(NC(=O)Nc1cc(C)ccc1F)C(=O)O. The molecule has 0 heterocycles. The van der Waals surface area contributed by atoms with Gasteiger partial charge >= 0.3 is 12.0 Å². The van der Waals surface area contributed by atoms with Gasteiger partial charge in [-0.25, -0.2) is 14.0 Å². The van der Waals surface area contributed by atoms with E-state index in [-0.39, 0.29) is 5.69 Å². The Hall–Kier alpha value is -1.76. The predicted molar refractivity (Wildman–Crippen MR) is 77.7 cm³/mol. The molecule has 0 radical (unpaired) electrons. The van der Waals surface area contributed by atoms with Gasteiger partial charge in [0.1, 0.15) is 11.9 Å². The van der Waals surface area contributed by atoms with E-state index in [0.717, 1.165) is 5.56 Å². The van der Waals surface area contributed by atoms with Crippen LogP contribution in [0.15, 0.2) is 18.2 Å². The summed E-state index contributed by atoms with van der Waals surface area (Å²) < 4.78 is 13.5. The van der Waals surface area contributed by atoms with Gasteiger partial charge < -0.3 is 15.7 Å². The number of urea groups is 1. The Balaban J connectivity index is 2.65. The summed E-state index contributed by atoms with van der Waals surface area (Å²) in [6.45, 7) is 1.76. The minimum atomic E-state index is -1.11. The molecule has 2 amide bonds. The summed E-state index contributed by atoms with van der Waals surface area (Å²) in [5.74, 6) is -1.07. The van der Waals surface area contributed by atoms with Crippen molar-refractivity contribution < 1.29 is 19.1 Å². The number of rotatable bonds is 6. The molecule has 1 unspecified atom stereocenters. The number of carboxylic acids is 1. The molecule has 0 aromatic heterocycles. The molecule has 7 heteroatoms. The van der Waals surface area contributed by atoms with Gasteiger partial charge in [0.2, 0.25) is 0 Å². The maximum absolute atomic E-state index is 13.5. The van der Waals surface area contributed by atoms with Crippen molar-refractivity contribution in [1.29, 1.82) is 0 Å². The molecule has 3 N–H and O–H groups in total. The van der Waals surface area contributed by atoms with Crippen LogP contribution in [0.3, 0.4) is 0 Å².